The van der Waals surface area contributed by atoms with Crippen molar-refractivity contribution in [3.63, 3.8) is 0 Å². The van der Waals surface area contributed by atoms with Gasteiger partial charge >= 0.3 is 0 Å². The molecule has 2 atom stereocenters. The van der Waals surface area contributed by atoms with Crippen molar-refractivity contribution in [2.24, 2.45) is 16.7 Å². The molecule has 2 saturated carbocycles. The summed E-state index contributed by atoms with van der Waals surface area (Å²) in [5, 5.41) is 0. The third kappa shape index (κ3) is 1.32. The number of rotatable bonds is 0. The van der Waals surface area contributed by atoms with Crippen molar-refractivity contribution in [3.8, 4) is 0 Å². The van der Waals surface area contributed by atoms with Crippen molar-refractivity contribution in [2.45, 2.75) is 47.0 Å². The standard InChI is InChI=1S/C10H16O.C2H4O/c1-9(2)7-4-5-10(9,3)8(11)6-7;1-2-3/h7H,4-6H2,1-3H3;2H,1H3. The lowest BCUT2D eigenvalue weighted by Crippen LogP contribution is -2.32. The van der Waals surface area contributed by atoms with Crippen LogP contribution in [-0.2, 0) is 9.59 Å². The molecule has 2 fully saturated rings. The molecule has 0 aromatic carbocycles. The monoisotopic (exact) mass is 196 g/mol. The van der Waals surface area contributed by atoms with Crippen molar-refractivity contribution >= 4 is 12.1 Å². The summed E-state index contributed by atoms with van der Waals surface area (Å²) in [6.07, 6.45) is 4.00. The second kappa shape index (κ2) is 3.48. The van der Waals surface area contributed by atoms with Gasteiger partial charge in [0, 0.05) is 11.8 Å². The summed E-state index contributed by atoms with van der Waals surface area (Å²) in [6, 6.07) is 0. The van der Waals surface area contributed by atoms with Crippen LogP contribution in [0.3, 0.4) is 0 Å². The Labute approximate surface area is 86.1 Å². The smallest absolute Gasteiger partial charge is 0.139 e. The fraction of sp³-hybridized carbons (Fsp3) is 0.833. The summed E-state index contributed by atoms with van der Waals surface area (Å²) in [7, 11) is 0. The lowest BCUT2D eigenvalue weighted by Gasteiger charge is -2.32. The van der Waals surface area contributed by atoms with Gasteiger partial charge < -0.3 is 4.79 Å². The summed E-state index contributed by atoms with van der Waals surface area (Å²) < 4.78 is 0. The Morgan fingerprint density at radius 2 is 1.86 bits per heavy atom. The van der Waals surface area contributed by atoms with Gasteiger partial charge in [0.15, 0.2) is 0 Å². The van der Waals surface area contributed by atoms with E-state index in [1.165, 1.54) is 13.3 Å². The first-order chi connectivity index (χ1) is 6.40. The average Bonchev–Trinajstić information content (AvgIpc) is 2.38. The molecule has 2 bridgehead atoms. The Hall–Kier alpha value is -0.660. The largest absolute Gasteiger partial charge is 0.304 e. The second-order valence-corrected chi connectivity index (χ2v) is 5.15. The first kappa shape index (κ1) is 11.4. The van der Waals surface area contributed by atoms with E-state index in [-0.39, 0.29) is 10.8 Å². The maximum Gasteiger partial charge on any atom is 0.139 e. The van der Waals surface area contributed by atoms with E-state index in [9.17, 15) is 4.79 Å². The highest BCUT2D eigenvalue weighted by atomic mass is 16.1. The fourth-order valence-electron chi connectivity index (χ4n) is 2.90. The number of ketones is 1. The third-order valence-corrected chi connectivity index (χ3v) is 4.48. The molecule has 0 aromatic heterocycles. The predicted molar refractivity (Wildman–Crippen MR) is 56.0 cm³/mol. The van der Waals surface area contributed by atoms with Crippen LogP contribution < -0.4 is 0 Å². The third-order valence-electron chi connectivity index (χ3n) is 4.48. The Morgan fingerprint density at radius 3 is 2.00 bits per heavy atom. The van der Waals surface area contributed by atoms with Gasteiger partial charge in [-0.15, -0.1) is 0 Å². The van der Waals surface area contributed by atoms with Crippen LogP contribution in [0.1, 0.15) is 47.0 Å². The number of hydrogen-bond acceptors (Lipinski definition) is 2. The molecule has 0 N–H and O–H groups in total. The minimum absolute atomic E-state index is 0.0255. The maximum absolute atomic E-state index is 11.6. The van der Waals surface area contributed by atoms with Crippen LogP contribution in [0, 0.1) is 16.7 Å². The minimum atomic E-state index is 0.0255. The van der Waals surface area contributed by atoms with E-state index in [1.807, 2.05) is 0 Å². The van der Waals surface area contributed by atoms with Crippen LogP contribution in [0.15, 0.2) is 0 Å². The Kier molecular flexibility index (Phi) is 2.84. The van der Waals surface area contributed by atoms with Crippen molar-refractivity contribution in [3.05, 3.63) is 0 Å². The number of carbonyl (C=O) groups excluding carboxylic acids is 2. The molecule has 2 aliphatic carbocycles. The average molecular weight is 196 g/mol. The SMILES string of the molecule is CC12CCC(CC1=O)C2(C)C.CC=O. The first-order valence-electron chi connectivity index (χ1n) is 5.33. The van der Waals surface area contributed by atoms with E-state index in [2.05, 4.69) is 20.8 Å². The predicted octanol–water partition coefficient (Wildman–Crippen LogP) is 2.61. The topological polar surface area (TPSA) is 34.1 Å². The fourth-order valence-corrected chi connectivity index (χ4v) is 2.90. The van der Waals surface area contributed by atoms with E-state index >= 15 is 0 Å². The molecule has 0 amide bonds. The van der Waals surface area contributed by atoms with Gasteiger partial charge in [0.25, 0.3) is 0 Å². The number of aldehydes is 1. The highest BCUT2D eigenvalue weighted by Gasteiger charge is 2.61. The van der Waals surface area contributed by atoms with Crippen molar-refractivity contribution in [2.75, 3.05) is 0 Å². The quantitative estimate of drug-likeness (QED) is 0.558. The van der Waals surface area contributed by atoms with E-state index in [1.54, 1.807) is 0 Å². The van der Waals surface area contributed by atoms with Gasteiger partial charge in [-0.05, 0) is 31.1 Å². The molecule has 0 aromatic rings. The molecule has 0 spiro atoms. The molecular formula is C12H20O2. The molecule has 14 heavy (non-hydrogen) atoms. The van der Waals surface area contributed by atoms with Crippen molar-refractivity contribution in [1.82, 2.24) is 0 Å². The van der Waals surface area contributed by atoms with E-state index < -0.39 is 0 Å². The van der Waals surface area contributed by atoms with E-state index in [0.29, 0.717) is 11.7 Å². The molecule has 0 saturated heterocycles. The zero-order valence-electron chi connectivity index (χ0n) is 9.59. The van der Waals surface area contributed by atoms with Crippen LogP contribution in [-0.4, -0.2) is 12.1 Å². The van der Waals surface area contributed by atoms with Crippen molar-refractivity contribution < 1.29 is 9.59 Å². The summed E-state index contributed by atoms with van der Waals surface area (Å²) >= 11 is 0. The molecule has 80 valence electrons. The highest BCUT2D eigenvalue weighted by molar-refractivity contribution is 5.89. The molecule has 0 radical (unpaired) electrons. The maximum atomic E-state index is 11.6. The normalized spacial score (nSPS) is 37.7. The summed E-state index contributed by atoms with van der Waals surface area (Å²) in [4.78, 5) is 20.4. The molecule has 2 unspecified atom stereocenters. The molecule has 0 heterocycles. The summed E-state index contributed by atoms with van der Waals surface area (Å²) in [6.45, 7) is 8.12. The Morgan fingerprint density at radius 1 is 1.36 bits per heavy atom. The Bertz CT molecular complexity index is 255. The number of hydrogen-bond donors (Lipinski definition) is 0. The van der Waals surface area contributed by atoms with Crippen molar-refractivity contribution in [1.29, 1.82) is 0 Å². The molecule has 2 rings (SSSR count). The van der Waals surface area contributed by atoms with Crippen LogP contribution in [0.4, 0.5) is 0 Å². The Balaban J connectivity index is 0.000000293. The van der Waals surface area contributed by atoms with Crippen LogP contribution in [0.2, 0.25) is 0 Å². The first-order valence-corrected chi connectivity index (χ1v) is 5.33. The second-order valence-electron chi connectivity index (χ2n) is 5.15. The van der Waals surface area contributed by atoms with Gasteiger partial charge in [0.05, 0.1) is 0 Å². The molecule has 2 aliphatic rings. The molecule has 2 nitrogen and oxygen atoms in total. The minimum Gasteiger partial charge on any atom is -0.304 e. The molecular weight excluding hydrogens is 176 g/mol. The van der Waals surface area contributed by atoms with Gasteiger partial charge in [0.1, 0.15) is 12.1 Å². The van der Waals surface area contributed by atoms with E-state index in [4.69, 9.17) is 4.79 Å². The summed E-state index contributed by atoms with van der Waals surface area (Å²) in [5.74, 6) is 1.19. The summed E-state index contributed by atoms with van der Waals surface area (Å²) in [5.41, 5.74) is 0.307. The van der Waals surface area contributed by atoms with Gasteiger partial charge in [-0.25, -0.2) is 0 Å². The van der Waals surface area contributed by atoms with Gasteiger partial charge in [-0.1, -0.05) is 20.8 Å². The van der Waals surface area contributed by atoms with Crippen LogP contribution >= 0.6 is 0 Å². The van der Waals surface area contributed by atoms with E-state index in [0.717, 1.165) is 19.1 Å². The van der Waals surface area contributed by atoms with Gasteiger partial charge in [0.2, 0.25) is 0 Å². The molecule has 0 aliphatic heterocycles. The van der Waals surface area contributed by atoms with Crippen LogP contribution in [0.5, 0.6) is 0 Å². The lowest BCUT2D eigenvalue weighted by atomic mass is 9.70. The zero-order chi connectivity index (χ0) is 11.0. The van der Waals surface area contributed by atoms with Gasteiger partial charge in [-0.3, -0.25) is 4.79 Å². The number of Topliss-reactive ketones (excluding diaryl/α,β-unsaturated/α-hetero) is 1. The number of fused-ring (bicyclic) bond motifs is 2. The van der Waals surface area contributed by atoms with Gasteiger partial charge in [-0.2, -0.15) is 0 Å². The zero-order valence-corrected chi connectivity index (χ0v) is 9.59. The highest BCUT2D eigenvalue weighted by Crippen LogP contribution is 2.63. The number of carbonyl (C=O) groups is 2. The molecule has 2 heteroatoms. The van der Waals surface area contributed by atoms with Crippen LogP contribution in [0.25, 0.3) is 0 Å². The lowest BCUT2D eigenvalue weighted by molar-refractivity contribution is -0.128.